The molecule has 0 aliphatic heterocycles. The largest absolute Gasteiger partial charge is 0.100 e. The van der Waals surface area contributed by atoms with Crippen LogP contribution in [0.25, 0.3) is 0 Å². The van der Waals surface area contributed by atoms with Crippen molar-refractivity contribution in [1.29, 1.82) is 0 Å². The number of hydrogen-bond acceptors (Lipinski definition) is 0. The van der Waals surface area contributed by atoms with Crippen molar-refractivity contribution in [3.8, 4) is 0 Å². The second-order valence-corrected chi connectivity index (χ2v) is 1.88. The van der Waals surface area contributed by atoms with Crippen molar-refractivity contribution in [3.63, 3.8) is 0 Å². The Balaban J connectivity index is 3.32. The second-order valence-electron chi connectivity index (χ2n) is 1.88. The van der Waals surface area contributed by atoms with Gasteiger partial charge in [0.2, 0.25) is 0 Å². The molecule has 0 heterocycles. The normalized spacial score (nSPS) is 8.14. The topological polar surface area (TPSA) is 0 Å². The Hall–Kier alpha value is -0.650. The zero-order chi connectivity index (χ0) is 5.86. The van der Waals surface area contributed by atoms with E-state index in [9.17, 15) is 0 Å². The van der Waals surface area contributed by atoms with Gasteiger partial charge in [-0.1, -0.05) is 12.2 Å². The molecule has 0 aliphatic rings. The molecule has 0 unspecified atom stereocenters. The van der Waals surface area contributed by atoms with E-state index >= 15 is 0 Å². The van der Waals surface area contributed by atoms with Crippen LogP contribution >= 0.6 is 0 Å². The Labute approximate surface area is 45.5 Å². The van der Waals surface area contributed by atoms with Crippen LogP contribution in [-0.4, -0.2) is 0 Å². The predicted molar refractivity (Wildman–Crippen MR) is 33.9 cm³/mol. The highest BCUT2D eigenvalue weighted by Gasteiger charge is 1.89. The molecule has 0 aliphatic carbocycles. The van der Waals surface area contributed by atoms with E-state index in [1.54, 1.807) is 0 Å². The third kappa shape index (κ3) is 5.35. The van der Waals surface area contributed by atoms with Crippen LogP contribution in [0.2, 0.25) is 0 Å². The Kier molecular flexibility index (Phi) is 2.28. The summed E-state index contributed by atoms with van der Waals surface area (Å²) in [5.41, 5.74) is 2.06. The molecule has 0 radical (unpaired) electrons. The summed E-state index contributed by atoms with van der Waals surface area (Å²) in [6.07, 6.45) is 0.861. The standard InChI is InChI=1S/C7H11/c1-6(2)5-7(3)4/h1-3,5H2,4H3/q+1. The number of rotatable bonds is 2. The van der Waals surface area contributed by atoms with E-state index in [0.717, 1.165) is 17.6 Å². The summed E-state index contributed by atoms with van der Waals surface area (Å²) in [4.78, 5) is 0. The van der Waals surface area contributed by atoms with Gasteiger partial charge in [-0.05, 0) is 6.92 Å². The molecule has 0 saturated heterocycles. The molecular weight excluding hydrogens is 84.1 g/mol. The maximum Gasteiger partial charge on any atom is 0.100 e. The summed E-state index contributed by atoms with van der Waals surface area (Å²) < 4.78 is 0. The van der Waals surface area contributed by atoms with Crippen molar-refractivity contribution < 1.29 is 0 Å². The Morgan fingerprint density at radius 1 is 1.57 bits per heavy atom. The van der Waals surface area contributed by atoms with E-state index < -0.39 is 0 Å². The minimum absolute atomic E-state index is 0.861. The van der Waals surface area contributed by atoms with Gasteiger partial charge in [0.15, 0.2) is 0 Å². The van der Waals surface area contributed by atoms with E-state index in [4.69, 9.17) is 0 Å². The summed E-state index contributed by atoms with van der Waals surface area (Å²) >= 11 is 0. The monoisotopic (exact) mass is 95.1 g/mol. The molecule has 0 amide bonds. The SMILES string of the molecule is C=C([CH2+])CC(=C)C. The summed E-state index contributed by atoms with van der Waals surface area (Å²) in [5.74, 6) is 0. The lowest BCUT2D eigenvalue weighted by atomic mass is 10.1. The molecule has 0 nitrogen and oxygen atoms in total. The second kappa shape index (κ2) is 2.51. The highest BCUT2D eigenvalue weighted by Crippen LogP contribution is 2.02. The molecule has 38 valence electrons. The van der Waals surface area contributed by atoms with Crippen molar-refractivity contribution in [2.45, 2.75) is 13.3 Å². The summed E-state index contributed by atoms with van der Waals surface area (Å²) in [6.45, 7) is 12.9. The first-order valence-corrected chi connectivity index (χ1v) is 2.27. The molecule has 0 heteroatoms. The van der Waals surface area contributed by atoms with Gasteiger partial charge in [-0.15, -0.1) is 0 Å². The molecule has 7 heavy (non-hydrogen) atoms. The van der Waals surface area contributed by atoms with Crippen LogP contribution in [0.1, 0.15) is 13.3 Å². The van der Waals surface area contributed by atoms with Crippen molar-refractivity contribution in [2.24, 2.45) is 0 Å². The fourth-order valence-electron chi connectivity index (χ4n) is 0.427. The fraction of sp³-hybridized carbons (Fsp3) is 0.286. The average molecular weight is 95.2 g/mol. The summed E-state index contributed by atoms with van der Waals surface area (Å²) in [6, 6.07) is 0. The number of allylic oxidation sites excluding steroid dienone is 2. The van der Waals surface area contributed by atoms with Crippen LogP contribution in [0.3, 0.4) is 0 Å². The third-order valence-electron chi connectivity index (χ3n) is 0.552. The van der Waals surface area contributed by atoms with Crippen LogP contribution < -0.4 is 0 Å². The van der Waals surface area contributed by atoms with Crippen LogP contribution in [0, 0.1) is 6.92 Å². The van der Waals surface area contributed by atoms with Crippen LogP contribution in [0.5, 0.6) is 0 Å². The van der Waals surface area contributed by atoms with E-state index in [-0.39, 0.29) is 0 Å². The van der Waals surface area contributed by atoms with Gasteiger partial charge in [-0.3, -0.25) is 0 Å². The molecule has 0 atom stereocenters. The lowest BCUT2D eigenvalue weighted by Gasteiger charge is -1.86. The van der Waals surface area contributed by atoms with Crippen LogP contribution in [0.4, 0.5) is 0 Å². The summed E-state index contributed by atoms with van der Waals surface area (Å²) in [7, 11) is 0. The zero-order valence-corrected chi connectivity index (χ0v) is 4.83. The van der Waals surface area contributed by atoms with Gasteiger partial charge in [0.25, 0.3) is 0 Å². The van der Waals surface area contributed by atoms with E-state index in [0.29, 0.717) is 0 Å². The molecule has 0 N–H and O–H groups in total. The first-order chi connectivity index (χ1) is 3.13. The van der Waals surface area contributed by atoms with Gasteiger partial charge in [0.05, 0.1) is 0 Å². The summed E-state index contributed by atoms with van der Waals surface area (Å²) in [5, 5.41) is 0. The molecule has 0 aromatic rings. The van der Waals surface area contributed by atoms with Gasteiger partial charge in [0.1, 0.15) is 5.57 Å². The average Bonchev–Trinajstić information content (AvgIpc) is 1.27. The molecule has 0 saturated carbocycles. The third-order valence-corrected chi connectivity index (χ3v) is 0.552. The zero-order valence-electron chi connectivity index (χ0n) is 4.83. The molecule has 0 rings (SSSR count). The predicted octanol–water partition coefficient (Wildman–Crippen LogP) is 2.34. The Bertz CT molecular complexity index is 76.2. The lowest BCUT2D eigenvalue weighted by molar-refractivity contribution is 1.17. The van der Waals surface area contributed by atoms with Crippen molar-refractivity contribution in [2.75, 3.05) is 0 Å². The van der Waals surface area contributed by atoms with Crippen LogP contribution in [0.15, 0.2) is 24.3 Å². The molecule has 0 aromatic carbocycles. The molecule has 0 spiro atoms. The van der Waals surface area contributed by atoms with E-state index in [1.165, 1.54) is 0 Å². The van der Waals surface area contributed by atoms with Crippen molar-refractivity contribution in [3.05, 3.63) is 31.2 Å². The van der Waals surface area contributed by atoms with Crippen molar-refractivity contribution >= 4 is 0 Å². The highest BCUT2D eigenvalue weighted by atomic mass is 13.9. The first kappa shape index (κ1) is 6.35. The van der Waals surface area contributed by atoms with Gasteiger partial charge in [0, 0.05) is 19.9 Å². The molecule has 0 aromatic heterocycles. The van der Waals surface area contributed by atoms with Gasteiger partial charge < -0.3 is 0 Å². The molecular formula is C7H11+. The fourth-order valence-corrected chi connectivity index (χ4v) is 0.427. The number of hydrogen-bond donors (Lipinski definition) is 0. The maximum atomic E-state index is 3.69. The molecule has 0 fully saturated rings. The first-order valence-electron chi connectivity index (χ1n) is 2.27. The Morgan fingerprint density at radius 2 is 2.00 bits per heavy atom. The maximum absolute atomic E-state index is 3.69. The van der Waals surface area contributed by atoms with E-state index in [1.807, 2.05) is 6.92 Å². The van der Waals surface area contributed by atoms with Crippen molar-refractivity contribution in [1.82, 2.24) is 0 Å². The minimum atomic E-state index is 0.861. The molecule has 0 bridgehead atoms. The lowest BCUT2D eigenvalue weighted by Crippen LogP contribution is -1.72. The Morgan fingerprint density at radius 3 is 2.00 bits per heavy atom. The van der Waals surface area contributed by atoms with Gasteiger partial charge in [-0.2, -0.15) is 0 Å². The minimum Gasteiger partial charge on any atom is -0.0997 e. The smallest absolute Gasteiger partial charge is 0.0997 e. The van der Waals surface area contributed by atoms with E-state index in [2.05, 4.69) is 20.1 Å². The highest BCUT2D eigenvalue weighted by molar-refractivity contribution is 5.08. The quantitative estimate of drug-likeness (QED) is 0.365. The van der Waals surface area contributed by atoms with Crippen LogP contribution in [-0.2, 0) is 0 Å². The van der Waals surface area contributed by atoms with Gasteiger partial charge in [-0.25, -0.2) is 0 Å². The van der Waals surface area contributed by atoms with Gasteiger partial charge >= 0.3 is 0 Å².